The Morgan fingerprint density at radius 2 is 1.73 bits per heavy atom. The molecule has 1 amide bonds. The van der Waals surface area contributed by atoms with Crippen molar-refractivity contribution < 1.29 is 13.2 Å². The van der Waals surface area contributed by atoms with E-state index in [1.54, 1.807) is 13.8 Å². The summed E-state index contributed by atoms with van der Waals surface area (Å²) in [4.78, 5) is 12.4. The van der Waals surface area contributed by atoms with Gasteiger partial charge in [-0.3, -0.25) is 4.79 Å². The number of carbonyl (C=O) groups is 1. The topological polar surface area (TPSA) is 89.3 Å². The molecule has 7 heteroatoms. The van der Waals surface area contributed by atoms with Crippen LogP contribution in [0, 0.1) is 11.8 Å². The predicted molar refractivity (Wildman–Crippen MR) is 92.9 cm³/mol. The molecule has 0 radical (unpaired) electrons. The van der Waals surface area contributed by atoms with Crippen molar-refractivity contribution in [3.63, 3.8) is 0 Å². The van der Waals surface area contributed by atoms with Crippen LogP contribution >= 0.6 is 12.4 Å². The third kappa shape index (κ3) is 5.70. The quantitative estimate of drug-likeness (QED) is 0.730. The van der Waals surface area contributed by atoms with E-state index < -0.39 is 15.1 Å². The molecule has 5 nitrogen and oxygen atoms in total. The molecule has 0 bridgehead atoms. The van der Waals surface area contributed by atoms with Gasteiger partial charge in [-0.25, -0.2) is 8.42 Å². The highest BCUT2D eigenvalue weighted by atomic mass is 35.5. The molecular formula is C15H31ClN2O3S. The molecular weight excluding hydrogens is 324 g/mol. The van der Waals surface area contributed by atoms with Gasteiger partial charge in [0.25, 0.3) is 0 Å². The summed E-state index contributed by atoms with van der Waals surface area (Å²) in [6.45, 7) is 6.44. The molecule has 3 N–H and O–H groups in total. The van der Waals surface area contributed by atoms with Crippen molar-refractivity contribution >= 4 is 28.2 Å². The molecule has 1 rings (SSSR count). The van der Waals surface area contributed by atoms with Gasteiger partial charge >= 0.3 is 0 Å². The van der Waals surface area contributed by atoms with Crippen LogP contribution in [0.2, 0.25) is 0 Å². The Balaban J connectivity index is 0.00000441. The Bertz CT molecular complexity index is 434. The van der Waals surface area contributed by atoms with E-state index >= 15 is 0 Å². The van der Waals surface area contributed by atoms with E-state index in [-0.39, 0.29) is 35.4 Å². The van der Waals surface area contributed by atoms with Crippen LogP contribution in [0.15, 0.2) is 0 Å². The summed E-state index contributed by atoms with van der Waals surface area (Å²) in [7, 11) is -3.42. The second-order valence-electron chi connectivity index (χ2n) is 6.60. The van der Waals surface area contributed by atoms with Gasteiger partial charge in [-0.05, 0) is 31.2 Å². The summed E-state index contributed by atoms with van der Waals surface area (Å²) < 4.78 is 25.6. The average Bonchev–Trinajstić information content (AvgIpc) is 2.45. The number of halogens is 1. The normalized spacial score (nSPS) is 19.3. The van der Waals surface area contributed by atoms with Crippen molar-refractivity contribution in [2.24, 2.45) is 17.6 Å². The van der Waals surface area contributed by atoms with Gasteiger partial charge in [-0.2, -0.15) is 0 Å². The van der Waals surface area contributed by atoms with Crippen molar-refractivity contribution in [3.05, 3.63) is 0 Å². The highest BCUT2D eigenvalue weighted by Gasteiger charge is 2.40. The lowest BCUT2D eigenvalue weighted by Crippen LogP contribution is -2.48. The minimum Gasteiger partial charge on any atom is -0.355 e. The van der Waals surface area contributed by atoms with Crippen LogP contribution in [0.3, 0.4) is 0 Å². The highest BCUT2D eigenvalue weighted by Crippen LogP contribution is 2.29. The van der Waals surface area contributed by atoms with Crippen LogP contribution in [0.25, 0.3) is 0 Å². The van der Waals surface area contributed by atoms with Gasteiger partial charge in [-0.1, -0.05) is 40.0 Å². The van der Waals surface area contributed by atoms with E-state index in [0.29, 0.717) is 25.9 Å². The lowest BCUT2D eigenvalue weighted by atomic mass is 10.0. The zero-order valence-electron chi connectivity index (χ0n) is 13.9. The zero-order valence-corrected chi connectivity index (χ0v) is 15.5. The van der Waals surface area contributed by atoms with Gasteiger partial charge in [0.05, 0.1) is 5.25 Å². The number of amides is 1. The number of nitrogens with two attached hydrogens (primary N) is 1. The van der Waals surface area contributed by atoms with Crippen LogP contribution in [0.5, 0.6) is 0 Å². The fraction of sp³-hybridized carbons (Fsp3) is 0.933. The van der Waals surface area contributed by atoms with Crippen LogP contribution in [0.4, 0.5) is 0 Å². The van der Waals surface area contributed by atoms with Gasteiger partial charge < -0.3 is 11.1 Å². The summed E-state index contributed by atoms with van der Waals surface area (Å²) in [5.41, 5.74) is 5.53. The first-order chi connectivity index (χ1) is 9.80. The number of hydrogen-bond acceptors (Lipinski definition) is 4. The number of sulfone groups is 1. The Morgan fingerprint density at radius 1 is 1.18 bits per heavy atom. The molecule has 0 aromatic heterocycles. The van der Waals surface area contributed by atoms with Crippen LogP contribution < -0.4 is 11.1 Å². The lowest BCUT2D eigenvalue weighted by molar-refractivity contribution is -0.121. The van der Waals surface area contributed by atoms with E-state index in [9.17, 15) is 13.2 Å². The molecule has 0 heterocycles. The molecule has 22 heavy (non-hydrogen) atoms. The van der Waals surface area contributed by atoms with Crippen LogP contribution in [-0.2, 0) is 14.6 Å². The Hall–Kier alpha value is -0.330. The Labute approximate surface area is 141 Å². The molecule has 2 unspecified atom stereocenters. The van der Waals surface area contributed by atoms with Gasteiger partial charge in [0.1, 0.15) is 5.25 Å². The smallest absolute Gasteiger partial charge is 0.238 e. The van der Waals surface area contributed by atoms with E-state index in [4.69, 9.17) is 5.73 Å². The monoisotopic (exact) mass is 354 g/mol. The third-order valence-electron chi connectivity index (χ3n) is 4.26. The second kappa shape index (κ2) is 9.73. The van der Waals surface area contributed by atoms with Gasteiger partial charge in [0.15, 0.2) is 9.84 Å². The number of nitrogens with one attached hydrogen (secondary N) is 1. The summed E-state index contributed by atoms with van der Waals surface area (Å²) in [5, 5.41) is 1.47. The maximum absolute atomic E-state index is 12.8. The molecule has 1 fully saturated rings. The van der Waals surface area contributed by atoms with Crippen LogP contribution in [0.1, 0.15) is 52.9 Å². The van der Waals surface area contributed by atoms with E-state index in [0.717, 1.165) is 19.3 Å². The number of hydrogen-bond donors (Lipinski definition) is 2. The van der Waals surface area contributed by atoms with E-state index in [1.165, 1.54) is 0 Å². The minimum atomic E-state index is -3.42. The van der Waals surface area contributed by atoms with Gasteiger partial charge in [0, 0.05) is 6.54 Å². The van der Waals surface area contributed by atoms with Crippen molar-refractivity contribution in [1.82, 2.24) is 5.32 Å². The fourth-order valence-corrected chi connectivity index (χ4v) is 5.44. The first-order valence-corrected chi connectivity index (χ1v) is 9.62. The predicted octanol–water partition coefficient (Wildman–Crippen LogP) is 1.89. The summed E-state index contributed by atoms with van der Waals surface area (Å²) in [5.74, 6) is -0.430. The summed E-state index contributed by atoms with van der Waals surface area (Å²) in [6.07, 6.45) is 4.37. The molecule has 0 aliphatic heterocycles. The maximum atomic E-state index is 12.8. The lowest BCUT2D eigenvalue weighted by Gasteiger charge is -2.28. The SMILES string of the molecule is CC(CN)CNC(=O)C(C(C)C)S(=O)(=O)C1CCCCC1.Cl. The Morgan fingerprint density at radius 3 is 2.18 bits per heavy atom. The molecule has 0 spiro atoms. The van der Waals surface area contributed by atoms with E-state index in [1.807, 2.05) is 6.92 Å². The summed E-state index contributed by atoms with van der Waals surface area (Å²) in [6, 6.07) is 0. The molecule has 1 aliphatic rings. The Kier molecular flexibility index (Phi) is 9.58. The maximum Gasteiger partial charge on any atom is 0.238 e. The largest absolute Gasteiger partial charge is 0.355 e. The first kappa shape index (κ1) is 21.7. The highest BCUT2D eigenvalue weighted by molar-refractivity contribution is 7.93. The number of carbonyl (C=O) groups excluding carboxylic acids is 1. The molecule has 0 aromatic rings. The third-order valence-corrected chi connectivity index (χ3v) is 7.13. The summed E-state index contributed by atoms with van der Waals surface area (Å²) >= 11 is 0. The van der Waals surface area contributed by atoms with E-state index in [2.05, 4.69) is 5.32 Å². The van der Waals surface area contributed by atoms with Crippen LogP contribution in [-0.4, -0.2) is 37.9 Å². The second-order valence-corrected chi connectivity index (χ2v) is 8.95. The molecule has 0 aromatic carbocycles. The first-order valence-electron chi connectivity index (χ1n) is 8.01. The number of rotatable bonds is 7. The molecule has 1 aliphatic carbocycles. The fourth-order valence-electron chi connectivity index (χ4n) is 2.89. The van der Waals surface area contributed by atoms with Gasteiger partial charge in [-0.15, -0.1) is 12.4 Å². The van der Waals surface area contributed by atoms with Crippen molar-refractivity contribution in [2.45, 2.75) is 63.4 Å². The van der Waals surface area contributed by atoms with Gasteiger partial charge in [0.2, 0.25) is 5.91 Å². The average molecular weight is 355 g/mol. The van der Waals surface area contributed by atoms with Crippen molar-refractivity contribution in [3.8, 4) is 0 Å². The van der Waals surface area contributed by atoms with Crippen molar-refractivity contribution in [2.75, 3.05) is 13.1 Å². The minimum absolute atomic E-state index is 0. The molecule has 132 valence electrons. The molecule has 0 saturated heterocycles. The standard InChI is InChI=1S/C15H30N2O3S.ClH/c1-11(2)14(15(18)17-10-12(3)9-16)21(19,20)13-7-5-4-6-8-13;/h11-14H,4-10,16H2,1-3H3,(H,17,18);1H. The zero-order chi connectivity index (χ0) is 16.0. The molecule has 2 atom stereocenters. The molecule has 1 saturated carbocycles. The van der Waals surface area contributed by atoms with Crippen molar-refractivity contribution in [1.29, 1.82) is 0 Å².